The van der Waals surface area contributed by atoms with Gasteiger partial charge in [0, 0.05) is 35.7 Å². The molecule has 36 heavy (non-hydrogen) atoms. The van der Waals surface area contributed by atoms with Gasteiger partial charge in [0.1, 0.15) is 35.3 Å². The maximum absolute atomic E-state index is 15.4. The molecule has 0 bridgehead atoms. The van der Waals surface area contributed by atoms with Crippen molar-refractivity contribution >= 4 is 23.2 Å². The Balaban J connectivity index is 1.90. The number of rotatable bonds is 6. The summed E-state index contributed by atoms with van der Waals surface area (Å²) < 4.78 is 27.8. The van der Waals surface area contributed by atoms with Crippen molar-refractivity contribution in [3.63, 3.8) is 0 Å². The van der Waals surface area contributed by atoms with Crippen LogP contribution in [0.1, 0.15) is 23.1 Å². The highest BCUT2D eigenvalue weighted by Crippen LogP contribution is 2.53. The van der Waals surface area contributed by atoms with E-state index < -0.39 is 76.3 Å². The summed E-state index contributed by atoms with van der Waals surface area (Å²) in [6.45, 7) is -0.801. The number of primary amides is 1. The van der Waals surface area contributed by atoms with Gasteiger partial charge < -0.3 is 31.5 Å². The van der Waals surface area contributed by atoms with Crippen LogP contribution in [0.25, 0.3) is 5.76 Å². The number of nitrogens with two attached hydrogens (primary N) is 1. The Hall–Kier alpha value is -3.35. The molecule has 0 saturated heterocycles. The van der Waals surface area contributed by atoms with Gasteiger partial charge in [-0.2, -0.15) is 0 Å². The molecule has 0 aromatic heterocycles. The van der Waals surface area contributed by atoms with Crippen molar-refractivity contribution in [2.45, 2.75) is 31.0 Å². The van der Waals surface area contributed by atoms with E-state index >= 15 is 4.39 Å². The van der Waals surface area contributed by atoms with Gasteiger partial charge >= 0.3 is 0 Å². The Bertz CT molecular complexity index is 1240. The van der Waals surface area contributed by atoms with E-state index in [0.717, 1.165) is 6.07 Å². The number of amides is 1. The molecule has 1 aromatic rings. The van der Waals surface area contributed by atoms with Crippen molar-refractivity contribution in [3.8, 4) is 5.75 Å². The van der Waals surface area contributed by atoms with Crippen LogP contribution in [0, 0.1) is 17.7 Å². The molecule has 194 valence electrons. The molecule has 0 heterocycles. The van der Waals surface area contributed by atoms with Crippen LogP contribution in [-0.2, 0) is 27.3 Å². The van der Waals surface area contributed by atoms with Crippen LogP contribution in [0.4, 0.5) is 8.78 Å². The van der Waals surface area contributed by atoms with Crippen LogP contribution in [0.5, 0.6) is 5.75 Å². The van der Waals surface area contributed by atoms with Crippen LogP contribution in [0.2, 0.25) is 0 Å². The molecule has 0 aliphatic heterocycles. The number of carbonyl (C=O) groups excluding carboxylic acids is 3. The average Bonchev–Trinajstić information content (AvgIpc) is 2.79. The Morgan fingerprint density at radius 3 is 2.53 bits per heavy atom. The first kappa shape index (κ1) is 25.7. The summed E-state index contributed by atoms with van der Waals surface area (Å²) in [5.74, 6) is -8.74. The van der Waals surface area contributed by atoms with Gasteiger partial charge in [-0.25, -0.2) is 8.78 Å². The van der Waals surface area contributed by atoms with Crippen molar-refractivity contribution in [1.82, 2.24) is 10.2 Å². The molecule has 0 radical (unpaired) electrons. The van der Waals surface area contributed by atoms with E-state index in [9.17, 15) is 39.2 Å². The number of ketones is 2. The summed E-state index contributed by atoms with van der Waals surface area (Å²) >= 11 is 0. The number of benzene rings is 1. The second kappa shape index (κ2) is 8.95. The van der Waals surface area contributed by atoms with Gasteiger partial charge in [0.2, 0.25) is 5.78 Å². The van der Waals surface area contributed by atoms with E-state index in [4.69, 9.17) is 5.73 Å². The summed E-state index contributed by atoms with van der Waals surface area (Å²) in [6.07, 6.45) is -0.304. The molecule has 1 amide bonds. The molecule has 7 N–H and O–H groups in total. The molecule has 3 aliphatic rings. The number of alkyl halides is 1. The van der Waals surface area contributed by atoms with Crippen molar-refractivity contribution in [2.75, 3.05) is 27.3 Å². The van der Waals surface area contributed by atoms with Crippen molar-refractivity contribution in [3.05, 3.63) is 45.5 Å². The zero-order chi connectivity index (χ0) is 26.7. The lowest BCUT2D eigenvalue weighted by Gasteiger charge is -2.50. The van der Waals surface area contributed by atoms with Crippen molar-refractivity contribution in [1.29, 1.82) is 0 Å². The number of carbonyl (C=O) groups is 3. The fourth-order valence-corrected chi connectivity index (χ4v) is 5.77. The maximum Gasteiger partial charge on any atom is 0.255 e. The van der Waals surface area contributed by atoms with Crippen LogP contribution < -0.4 is 11.1 Å². The highest BCUT2D eigenvalue weighted by molar-refractivity contribution is 6.24. The lowest BCUT2D eigenvalue weighted by molar-refractivity contribution is -0.153. The normalized spacial score (nSPS) is 27.8. The van der Waals surface area contributed by atoms with Gasteiger partial charge in [-0.1, -0.05) is 0 Å². The molecule has 0 unspecified atom stereocenters. The van der Waals surface area contributed by atoms with E-state index in [1.807, 2.05) is 0 Å². The van der Waals surface area contributed by atoms with Crippen molar-refractivity contribution < 1.29 is 43.6 Å². The molecule has 1 saturated carbocycles. The second-order valence-electron chi connectivity index (χ2n) is 9.55. The third kappa shape index (κ3) is 3.51. The van der Waals surface area contributed by atoms with Crippen molar-refractivity contribution in [2.24, 2.45) is 17.6 Å². The lowest BCUT2D eigenvalue weighted by Crippen LogP contribution is -2.65. The monoisotopic (exact) mass is 507 g/mol. The molecule has 0 spiro atoms. The largest absolute Gasteiger partial charge is 0.508 e. The average molecular weight is 507 g/mol. The molecule has 4 rings (SSSR count). The minimum atomic E-state index is -2.76. The summed E-state index contributed by atoms with van der Waals surface area (Å²) in [5.41, 5.74) is 0.871. The summed E-state index contributed by atoms with van der Waals surface area (Å²) in [5, 5.41) is 46.6. The number of phenolic OH excluding ortho intramolecular Hbond substituents is 1. The minimum absolute atomic E-state index is 0.0280. The van der Waals surface area contributed by atoms with E-state index in [0.29, 0.717) is 0 Å². The zero-order valence-electron chi connectivity index (χ0n) is 19.6. The highest BCUT2D eigenvalue weighted by atomic mass is 19.1. The minimum Gasteiger partial charge on any atom is -0.508 e. The Morgan fingerprint density at radius 1 is 1.28 bits per heavy atom. The number of aromatic hydroxyl groups is 1. The zero-order valence-corrected chi connectivity index (χ0v) is 19.6. The fraction of sp³-hybridized carbons (Fsp3) is 0.458. The molecule has 12 heteroatoms. The number of hydrogen-bond acceptors (Lipinski definition) is 9. The third-order valence-corrected chi connectivity index (χ3v) is 7.32. The number of aliphatic hydroxyl groups excluding tert-OH is 2. The predicted molar refractivity (Wildman–Crippen MR) is 122 cm³/mol. The number of Topliss-reactive ketones (excluding diaryl/α,β-unsaturated/α-hetero) is 2. The van der Waals surface area contributed by atoms with Gasteiger partial charge in [0.05, 0.1) is 11.6 Å². The Kier molecular flexibility index (Phi) is 6.40. The first-order valence-corrected chi connectivity index (χ1v) is 11.3. The summed E-state index contributed by atoms with van der Waals surface area (Å²) in [7, 11) is 2.98. The standard InChI is InChI=1S/C24H27F2N3O7/c1-29(2)18-12-6-9-5-11-15(13(30)7-10(17(11)26)8-28-4-3-25)19(31)14(9)21(33)24(12,36)22(34)16(20(18)32)23(27)35/h7,9,12,18,28,30-31,34,36H,3-6,8H2,1-2H3,(H2,27,35)/t9-,12-,18-,24-/m0/s1. The van der Waals surface area contributed by atoms with Crippen LogP contribution in [0.15, 0.2) is 23.0 Å². The van der Waals surface area contributed by atoms with E-state index in [2.05, 4.69) is 5.32 Å². The van der Waals surface area contributed by atoms with E-state index in [-0.39, 0.29) is 48.2 Å². The molecule has 1 aromatic carbocycles. The van der Waals surface area contributed by atoms with Crippen LogP contribution in [0.3, 0.4) is 0 Å². The van der Waals surface area contributed by atoms with Gasteiger partial charge in [0.15, 0.2) is 11.4 Å². The maximum atomic E-state index is 15.4. The van der Waals surface area contributed by atoms with E-state index in [1.165, 1.54) is 19.0 Å². The molecule has 4 atom stereocenters. The topological polar surface area (TPSA) is 173 Å². The molecule has 10 nitrogen and oxygen atoms in total. The summed E-state index contributed by atoms with van der Waals surface area (Å²) in [4.78, 5) is 40.1. The van der Waals surface area contributed by atoms with Gasteiger partial charge in [-0.05, 0) is 38.9 Å². The molecular weight excluding hydrogens is 480 g/mol. The first-order chi connectivity index (χ1) is 16.9. The number of aliphatic hydroxyl groups is 3. The lowest BCUT2D eigenvalue weighted by atomic mass is 9.57. The summed E-state index contributed by atoms with van der Waals surface area (Å²) in [6, 6.07) is -0.178. The van der Waals surface area contributed by atoms with Gasteiger partial charge in [-0.15, -0.1) is 0 Å². The Morgan fingerprint density at radius 2 is 1.94 bits per heavy atom. The van der Waals surface area contributed by atoms with E-state index in [1.54, 1.807) is 0 Å². The quantitative estimate of drug-likeness (QED) is 0.232. The van der Waals surface area contributed by atoms with Gasteiger partial charge in [0.25, 0.3) is 5.91 Å². The smallest absolute Gasteiger partial charge is 0.255 e. The number of nitrogens with one attached hydrogen (secondary N) is 1. The number of fused-ring (bicyclic) bond motifs is 3. The number of hydrogen-bond donors (Lipinski definition) is 6. The Labute approximate surface area is 204 Å². The van der Waals surface area contributed by atoms with Crippen LogP contribution >= 0.6 is 0 Å². The highest BCUT2D eigenvalue weighted by Gasteiger charge is 2.64. The number of nitrogens with zero attached hydrogens (tertiary/aromatic N) is 1. The molecular formula is C24H27F2N3O7. The SMILES string of the molecule is CN(C)[C@@H]1C(=O)C(C(N)=O)=C(O)[C@@]2(O)C(=O)C3=C(O)c4c(O)cc(CNCCF)c(F)c4C[C@H]3C[C@@H]12. The number of likely N-dealkylation sites (N-methyl/N-ethyl adjacent to an activating group) is 1. The molecule has 1 fully saturated rings. The predicted octanol–water partition coefficient (Wildman–Crippen LogP) is 0.162. The second-order valence-corrected chi connectivity index (χ2v) is 9.55. The molecule has 3 aliphatic carbocycles. The number of phenols is 1. The third-order valence-electron chi connectivity index (χ3n) is 7.32. The fourth-order valence-electron chi connectivity index (χ4n) is 5.77. The van der Waals surface area contributed by atoms with Gasteiger partial charge in [-0.3, -0.25) is 19.3 Å². The van der Waals surface area contributed by atoms with Crippen LogP contribution in [-0.4, -0.2) is 81.8 Å². The number of halogens is 2. The first-order valence-electron chi connectivity index (χ1n) is 11.3.